The molecule has 1 saturated heterocycles. The molecule has 2 fully saturated rings. The van der Waals surface area contributed by atoms with Crippen LogP contribution in [0.2, 0.25) is 0 Å². The Bertz CT molecular complexity index is 786. The van der Waals surface area contributed by atoms with Gasteiger partial charge < -0.3 is 15.0 Å². The highest BCUT2D eigenvalue weighted by atomic mass is 19.1. The Kier molecular flexibility index (Phi) is 5.39. The van der Waals surface area contributed by atoms with E-state index in [9.17, 15) is 9.18 Å². The normalized spacial score (nSPS) is 18.2. The molecule has 0 bridgehead atoms. The molecule has 1 amide bonds. The average Bonchev–Trinajstić information content (AvgIpc) is 3.54. The number of halogens is 1. The molecule has 4 rings (SSSR count). The van der Waals surface area contributed by atoms with Crippen molar-refractivity contribution in [2.24, 2.45) is 5.92 Å². The van der Waals surface area contributed by atoms with E-state index in [1.807, 2.05) is 23.1 Å². The van der Waals surface area contributed by atoms with Crippen molar-refractivity contribution in [3.63, 3.8) is 0 Å². The number of carbonyl (C=O) groups excluding carboxylic acids is 1. The molecular weight excluding hydrogens is 343 g/mol. The fraction of sp³-hybridized carbons (Fsp3) is 0.409. The number of anilines is 1. The second kappa shape index (κ2) is 8.09. The number of nitrogens with one attached hydrogen (secondary N) is 1. The summed E-state index contributed by atoms with van der Waals surface area (Å²) >= 11 is 0. The molecule has 4 nitrogen and oxygen atoms in total. The lowest BCUT2D eigenvalue weighted by molar-refractivity contribution is 0.0931. The molecule has 0 spiro atoms. The van der Waals surface area contributed by atoms with Gasteiger partial charge in [0.15, 0.2) is 0 Å². The molecule has 1 unspecified atom stereocenters. The summed E-state index contributed by atoms with van der Waals surface area (Å²) in [5.74, 6) is -0.0301. The zero-order valence-corrected chi connectivity index (χ0v) is 15.4. The smallest absolute Gasteiger partial charge is 0.251 e. The standard InChI is InChI=1S/C22H25FN2O2/c23-19-15-18(8-9-21(19)25-10-12-27-13-11-25)22(26)24-20(17-6-7-17)14-16-4-2-1-3-5-16/h1-5,8-9,15,17,20H,6-7,10-14H2,(H,24,26). The van der Waals surface area contributed by atoms with Crippen LogP contribution >= 0.6 is 0 Å². The van der Waals surface area contributed by atoms with E-state index in [4.69, 9.17) is 4.74 Å². The van der Waals surface area contributed by atoms with Gasteiger partial charge in [0.05, 0.1) is 18.9 Å². The zero-order valence-electron chi connectivity index (χ0n) is 15.4. The predicted octanol–water partition coefficient (Wildman–Crippen LogP) is 3.41. The van der Waals surface area contributed by atoms with Crippen molar-refractivity contribution in [1.82, 2.24) is 5.32 Å². The van der Waals surface area contributed by atoms with Crippen LogP contribution in [0.25, 0.3) is 0 Å². The number of nitrogens with zero attached hydrogens (tertiary/aromatic N) is 1. The number of carbonyl (C=O) groups is 1. The van der Waals surface area contributed by atoms with Gasteiger partial charge in [-0.25, -0.2) is 4.39 Å². The van der Waals surface area contributed by atoms with Crippen LogP contribution in [0.3, 0.4) is 0 Å². The lowest BCUT2D eigenvalue weighted by Crippen LogP contribution is -2.38. The first kappa shape index (κ1) is 18.0. The average molecular weight is 368 g/mol. The first-order valence-corrected chi connectivity index (χ1v) is 9.68. The van der Waals surface area contributed by atoms with Crippen molar-refractivity contribution < 1.29 is 13.9 Å². The number of morpholine rings is 1. The maximum atomic E-state index is 14.6. The Hall–Kier alpha value is -2.40. The van der Waals surface area contributed by atoms with Crippen molar-refractivity contribution >= 4 is 11.6 Å². The Labute approximate surface area is 159 Å². The summed E-state index contributed by atoms with van der Waals surface area (Å²) in [7, 11) is 0. The van der Waals surface area contributed by atoms with Crippen LogP contribution in [-0.2, 0) is 11.2 Å². The van der Waals surface area contributed by atoms with E-state index in [1.54, 1.807) is 12.1 Å². The Morgan fingerprint density at radius 2 is 1.89 bits per heavy atom. The third-order valence-corrected chi connectivity index (χ3v) is 5.37. The molecule has 27 heavy (non-hydrogen) atoms. The van der Waals surface area contributed by atoms with Crippen molar-refractivity contribution in [2.45, 2.75) is 25.3 Å². The van der Waals surface area contributed by atoms with Gasteiger partial charge in [0.2, 0.25) is 0 Å². The van der Waals surface area contributed by atoms with E-state index in [2.05, 4.69) is 17.4 Å². The lowest BCUT2D eigenvalue weighted by atomic mass is 10.0. The summed E-state index contributed by atoms with van der Waals surface area (Å²) in [4.78, 5) is 14.7. The topological polar surface area (TPSA) is 41.6 Å². The van der Waals surface area contributed by atoms with E-state index in [-0.39, 0.29) is 17.8 Å². The van der Waals surface area contributed by atoms with Gasteiger partial charge in [0.25, 0.3) is 5.91 Å². The van der Waals surface area contributed by atoms with Crippen molar-refractivity contribution in [3.8, 4) is 0 Å². The molecule has 5 heteroatoms. The molecular formula is C22H25FN2O2. The minimum Gasteiger partial charge on any atom is -0.378 e. The molecule has 0 aromatic heterocycles. The van der Waals surface area contributed by atoms with E-state index >= 15 is 0 Å². The quantitative estimate of drug-likeness (QED) is 0.850. The largest absolute Gasteiger partial charge is 0.378 e. The molecule has 1 heterocycles. The summed E-state index contributed by atoms with van der Waals surface area (Å²) in [6.07, 6.45) is 3.09. The number of benzene rings is 2. The van der Waals surface area contributed by atoms with Gasteiger partial charge in [0.1, 0.15) is 5.82 Å². The van der Waals surface area contributed by atoms with Crippen molar-refractivity contribution in [3.05, 3.63) is 65.5 Å². The summed E-state index contributed by atoms with van der Waals surface area (Å²) in [6, 6.07) is 15.1. The molecule has 142 valence electrons. The molecule has 1 N–H and O–H groups in total. The van der Waals surface area contributed by atoms with Crippen LogP contribution in [-0.4, -0.2) is 38.3 Å². The number of ether oxygens (including phenoxy) is 1. The first-order chi connectivity index (χ1) is 13.2. The molecule has 2 aromatic carbocycles. The number of hydrogen-bond donors (Lipinski definition) is 1. The van der Waals surface area contributed by atoms with E-state index in [0.29, 0.717) is 43.5 Å². The maximum absolute atomic E-state index is 14.6. The van der Waals surface area contributed by atoms with Crippen molar-refractivity contribution in [1.29, 1.82) is 0 Å². The highest BCUT2D eigenvalue weighted by Crippen LogP contribution is 2.34. The minimum atomic E-state index is -0.351. The van der Waals surface area contributed by atoms with Gasteiger partial charge in [-0.1, -0.05) is 30.3 Å². The monoisotopic (exact) mass is 368 g/mol. The summed E-state index contributed by atoms with van der Waals surface area (Å²) in [5.41, 5.74) is 2.13. The SMILES string of the molecule is O=C(NC(Cc1ccccc1)C1CC1)c1ccc(N2CCOCC2)c(F)c1. The third kappa shape index (κ3) is 4.48. The zero-order chi connectivity index (χ0) is 18.6. The van der Waals surface area contributed by atoms with Crippen LogP contribution in [0.4, 0.5) is 10.1 Å². The second-order valence-electron chi connectivity index (χ2n) is 7.37. The van der Waals surface area contributed by atoms with E-state index < -0.39 is 0 Å². The Balaban J connectivity index is 1.44. The fourth-order valence-electron chi connectivity index (χ4n) is 3.66. The van der Waals surface area contributed by atoms with Crippen LogP contribution in [0, 0.1) is 11.7 Å². The molecule has 2 aliphatic rings. The fourth-order valence-corrected chi connectivity index (χ4v) is 3.66. The number of amides is 1. The highest BCUT2D eigenvalue weighted by molar-refractivity contribution is 5.94. The molecule has 1 saturated carbocycles. The van der Waals surface area contributed by atoms with Crippen LogP contribution in [0.15, 0.2) is 48.5 Å². The maximum Gasteiger partial charge on any atom is 0.251 e. The minimum absolute atomic E-state index is 0.0990. The van der Waals surface area contributed by atoms with Crippen LogP contribution in [0.5, 0.6) is 0 Å². The van der Waals surface area contributed by atoms with E-state index in [1.165, 1.54) is 11.6 Å². The third-order valence-electron chi connectivity index (χ3n) is 5.37. The van der Waals surface area contributed by atoms with Gasteiger partial charge in [-0.3, -0.25) is 4.79 Å². The number of rotatable bonds is 6. The van der Waals surface area contributed by atoms with Gasteiger partial charge in [-0.2, -0.15) is 0 Å². The van der Waals surface area contributed by atoms with Crippen LogP contribution < -0.4 is 10.2 Å². The molecule has 1 aliphatic heterocycles. The predicted molar refractivity (Wildman–Crippen MR) is 104 cm³/mol. The highest BCUT2D eigenvalue weighted by Gasteiger charge is 2.32. The van der Waals surface area contributed by atoms with Crippen LogP contribution in [0.1, 0.15) is 28.8 Å². The van der Waals surface area contributed by atoms with Gasteiger partial charge >= 0.3 is 0 Å². The van der Waals surface area contributed by atoms with E-state index in [0.717, 1.165) is 19.3 Å². The molecule has 1 aliphatic carbocycles. The summed E-state index contributed by atoms with van der Waals surface area (Å²) < 4.78 is 19.9. The molecule has 0 radical (unpaired) electrons. The Morgan fingerprint density at radius 3 is 2.56 bits per heavy atom. The number of hydrogen-bond acceptors (Lipinski definition) is 3. The second-order valence-corrected chi connectivity index (χ2v) is 7.37. The van der Waals surface area contributed by atoms with Crippen molar-refractivity contribution in [2.75, 3.05) is 31.2 Å². The first-order valence-electron chi connectivity index (χ1n) is 9.68. The van der Waals surface area contributed by atoms with Gasteiger partial charge in [-0.15, -0.1) is 0 Å². The molecule has 2 aromatic rings. The van der Waals surface area contributed by atoms with Gasteiger partial charge in [0, 0.05) is 24.7 Å². The van der Waals surface area contributed by atoms with Gasteiger partial charge in [-0.05, 0) is 48.9 Å². The Morgan fingerprint density at radius 1 is 1.15 bits per heavy atom. The lowest BCUT2D eigenvalue weighted by Gasteiger charge is -2.29. The summed E-state index contributed by atoms with van der Waals surface area (Å²) in [5, 5.41) is 3.13. The summed E-state index contributed by atoms with van der Waals surface area (Å²) in [6.45, 7) is 2.54. The molecule has 1 atom stereocenters.